The molecule has 11 heteroatoms. The van der Waals surface area contributed by atoms with E-state index in [0.29, 0.717) is 31.7 Å². The summed E-state index contributed by atoms with van der Waals surface area (Å²) < 4.78 is 12.1. The zero-order valence-electron chi connectivity index (χ0n) is 20.6. The van der Waals surface area contributed by atoms with E-state index in [-0.39, 0.29) is 5.69 Å². The maximum Gasteiger partial charge on any atom is 0.337 e. The Hall–Kier alpha value is -5.06. The molecule has 0 aliphatic rings. The van der Waals surface area contributed by atoms with Gasteiger partial charge in [0.25, 0.3) is 0 Å². The molecule has 0 unspecified atom stereocenters. The first kappa shape index (κ1) is 23.3. The molecule has 190 valence electrons. The number of para-hydroxylation sites is 4. The van der Waals surface area contributed by atoms with Crippen molar-refractivity contribution in [3.63, 3.8) is 0 Å². The monoisotopic (exact) mass is 508 g/mol. The summed E-state index contributed by atoms with van der Waals surface area (Å²) in [6.45, 7) is 1.76. The molecule has 0 bridgehead atoms. The number of aryl methyl sites for hydroxylation is 2. The lowest BCUT2D eigenvalue weighted by molar-refractivity contribution is 0.0600. The van der Waals surface area contributed by atoms with E-state index < -0.39 is 5.97 Å². The summed E-state index contributed by atoms with van der Waals surface area (Å²) in [6, 6.07) is 22.7. The number of hydrogen-bond donors (Lipinski definition) is 0. The van der Waals surface area contributed by atoms with Gasteiger partial charge in [0.2, 0.25) is 0 Å². The molecule has 0 saturated heterocycles. The molecule has 0 N–H and O–H groups in total. The average molecular weight is 509 g/mol. The Labute approximate surface area is 216 Å². The van der Waals surface area contributed by atoms with Gasteiger partial charge in [0.1, 0.15) is 12.2 Å². The summed E-state index contributed by atoms with van der Waals surface area (Å²) in [5, 5.41) is 11.4. The van der Waals surface area contributed by atoms with Gasteiger partial charge in [-0.05, 0) is 52.4 Å². The molecule has 0 radical (unpaired) electrons. The van der Waals surface area contributed by atoms with E-state index in [1.165, 1.54) is 7.11 Å². The highest BCUT2D eigenvalue weighted by atomic mass is 16.5. The van der Waals surface area contributed by atoms with Gasteiger partial charge in [-0.2, -0.15) is 0 Å². The van der Waals surface area contributed by atoms with E-state index in [1.54, 1.807) is 38.3 Å². The Morgan fingerprint density at radius 2 is 1.58 bits per heavy atom. The van der Waals surface area contributed by atoms with Crippen LogP contribution in [0.1, 0.15) is 21.7 Å². The quantitative estimate of drug-likeness (QED) is 0.290. The van der Waals surface area contributed by atoms with Gasteiger partial charge < -0.3 is 9.30 Å². The van der Waals surface area contributed by atoms with Crippen molar-refractivity contribution in [2.75, 3.05) is 7.11 Å². The van der Waals surface area contributed by atoms with Crippen LogP contribution >= 0.6 is 0 Å². The van der Waals surface area contributed by atoms with Gasteiger partial charge >= 0.3 is 11.7 Å². The molecule has 3 aromatic carbocycles. The van der Waals surface area contributed by atoms with Gasteiger partial charge in [-0.15, -0.1) is 5.10 Å². The van der Waals surface area contributed by atoms with Crippen LogP contribution in [-0.4, -0.2) is 52.0 Å². The lowest BCUT2D eigenvalue weighted by Gasteiger charge is -2.10. The van der Waals surface area contributed by atoms with Crippen molar-refractivity contribution in [3.05, 3.63) is 107 Å². The Kier molecular flexibility index (Phi) is 6.00. The largest absolute Gasteiger partial charge is 0.465 e. The van der Waals surface area contributed by atoms with Gasteiger partial charge in [-0.3, -0.25) is 9.13 Å². The summed E-state index contributed by atoms with van der Waals surface area (Å²) in [5.41, 5.74) is 4.55. The first-order valence-corrected chi connectivity index (χ1v) is 12.1. The van der Waals surface area contributed by atoms with E-state index in [4.69, 9.17) is 9.72 Å². The topological polar surface area (TPSA) is 115 Å². The molecule has 0 saturated carbocycles. The molecule has 0 amide bonds. The summed E-state index contributed by atoms with van der Waals surface area (Å²) in [6.07, 6.45) is 1.58. The van der Waals surface area contributed by atoms with Crippen molar-refractivity contribution >= 4 is 28.0 Å². The number of carbonyl (C=O) groups is 1. The molecule has 0 spiro atoms. The standard InChI is InChI=1S/C27H24N8O3/c1-38-26(36)20-8-6-7-19(15-20)16-34-23-11-4-5-12-24(23)35(27(34)37)17-25-29-21-9-2-3-10-22(21)33(25)14-13-32-18-28-30-31-32/h2-12,15,18H,13-14,16-17H2,1H3. The van der Waals surface area contributed by atoms with E-state index >= 15 is 0 Å². The van der Waals surface area contributed by atoms with Crippen LogP contribution in [0.5, 0.6) is 0 Å². The predicted molar refractivity (Wildman–Crippen MR) is 140 cm³/mol. The van der Waals surface area contributed by atoms with Crippen LogP contribution in [0.3, 0.4) is 0 Å². The normalized spacial score (nSPS) is 11.4. The number of imidazole rings is 2. The van der Waals surface area contributed by atoms with Crippen molar-refractivity contribution < 1.29 is 9.53 Å². The number of carbonyl (C=O) groups excluding carboxylic acids is 1. The first-order chi connectivity index (χ1) is 18.6. The highest BCUT2D eigenvalue weighted by molar-refractivity contribution is 5.89. The van der Waals surface area contributed by atoms with Crippen LogP contribution in [0.25, 0.3) is 22.1 Å². The molecular formula is C27H24N8O3. The fourth-order valence-corrected chi connectivity index (χ4v) is 4.80. The molecule has 3 heterocycles. The Balaban J connectivity index is 1.40. The minimum absolute atomic E-state index is 0.159. The van der Waals surface area contributed by atoms with E-state index in [1.807, 2.05) is 54.6 Å². The maximum absolute atomic E-state index is 13.8. The van der Waals surface area contributed by atoms with Crippen LogP contribution < -0.4 is 5.69 Å². The second kappa shape index (κ2) is 9.77. The SMILES string of the molecule is COC(=O)c1cccc(Cn2c(=O)n(Cc3nc4ccccc4n3CCn3cnnn3)c3ccccc32)c1. The van der Waals surface area contributed by atoms with Crippen molar-refractivity contribution in [2.24, 2.45) is 0 Å². The summed E-state index contributed by atoms with van der Waals surface area (Å²) >= 11 is 0. The van der Waals surface area contributed by atoms with E-state index in [0.717, 1.165) is 33.5 Å². The first-order valence-electron chi connectivity index (χ1n) is 12.1. The number of esters is 1. The zero-order chi connectivity index (χ0) is 26.1. The smallest absolute Gasteiger partial charge is 0.337 e. The summed E-state index contributed by atoms with van der Waals surface area (Å²) in [7, 11) is 1.35. The maximum atomic E-state index is 13.8. The number of ether oxygens (including phenoxy) is 1. The van der Waals surface area contributed by atoms with E-state index in [2.05, 4.69) is 20.1 Å². The van der Waals surface area contributed by atoms with Crippen LogP contribution in [0.2, 0.25) is 0 Å². The third-order valence-corrected chi connectivity index (χ3v) is 6.59. The van der Waals surface area contributed by atoms with Crippen molar-refractivity contribution in [1.29, 1.82) is 0 Å². The third-order valence-electron chi connectivity index (χ3n) is 6.59. The van der Waals surface area contributed by atoms with E-state index in [9.17, 15) is 9.59 Å². The molecule has 0 aliphatic carbocycles. The number of rotatable bonds is 8. The van der Waals surface area contributed by atoms with Crippen LogP contribution in [0, 0.1) is 0 Å². The number of hydrogen-bond acceptors (Lipinski definition) is 7. The minimum Gasteiger partial charge on any atom is -0.465 e. The van der Waals surface area contributed by atoms with Crippen molar-refractivity contribution in [1.82, 2.24) is 38.9 Å². The van der Waals surface area contributed by atoms with Crippen LogP contribution in [-0.2, 0) is 30.9 Å². The molecule has 3 aromatic heterocycles. The Morgan fingerprint density at radius 1 is 0.842 bits per heavy atom. The summed E-state index contributed by atoms with van der Waals surface area (Å²) in [4.78, 5) is 30.7. The van der Waals surface area contributed by atoms with Gasteiger partial charge in [0.05, 0.1) is 54.4 Å². The van der Waals surface area contributed by atoms with Crippen LogP contribution in [0.15, 0.2) is 83.9 Å². The Bertz CT molecular complexity index is 1810. The second-order valence-corrected chi connectivity index (χ2v) is 8.88. The molecular weight excluding hydrogens is 484 g/mol. The average Bonchev–Trinajstić information content (AvgIpc) is 3.66. The molecule has 6 rings (SSSR count). The molecule has 0 atom stereocenters. The number of methoxy groups -OCH3 is 1. The minimum atomic E-state index is -0.415. The highest BCUT2D eigenvalue weighted by Crippen LogP contribution is 2.20. The number of tetrazole rings is 1. The molecule has 11 nitrogen and oxygen atoms in total. The van der Waals surface area contributed by atoms with Gasteiger partial charge in [-0.25, -0.2) is 19.3 Å². The highest BCUT2D eigenvalue weighted by Gasteiger charge is 2.18. The third kappa shape index (κ3) is 4.23. The molecule has 0 aliphatic heterocycles. The second-order valence-electron chi connectivity index (χ2n) is 8.88. The number of nitrogens with zero attached hydrogens (tertiary/aromatic N) is 8. The lowest BCUT2D eigenvalue weighted by atomic mass is 10.1. The molecule has 6 aromatic rings. The summed E-state index contributed by atoms with van der Waals surface area (Å²) in [5.74, 6) is 0.346. The van der Waals surface area contributed by atoms with Gasteiger partial charge in [-0.1, -0.05) is 36.4 Å². The Morgan fingerprint density at radius 3 is 2.32 bits per heavy atom. The number of benzene rings is 3. The number of aromatic nitrogens is 8. The molecule has 0 fully saturated rings. The zero-order valence-corrected chi connectivity index (χ0v) is 20.6. The van der Waals surface area contributed by atoms with Crippen molar-refractivity contribution in [2.45, 2.75) is 26.2 Å². The fraction of sp³-hybridized carbons (Fsp3) is 0.185. The van der Waals surface area contributed by atoms with Gasteiger partial charge in [0, 0.05) is 6.54 Å². The van der Waals surface area contributed by atoms with Crippen LogP contribution in [0.4, 0.5) is 0 Å². The van der Waals surface area contributed by atoms with Gasteiger partial charge in [0.15, 0.2) is 0 Å². The lowest BCUT2D eigenvalue weighted by Crippen LogP contribution is -2.26. The fourth-order valence-electron chi connectivity index (χ4n) is 4.80. The molecule has 38 heavy (non-hydrogen) atoms. The van der Waals surface area contributed by atoms with Crippen molar-refractivity contribution in [3.8, 4) is 0 Å². The predicted octanol–water partition coefficient (Wildman–Crippen LogP) is 2.72. The number of fused-ring (bicyclic) bond motifs is 2.